The molecule has 0 spiro atoms. The lowest BCUT2D eigenvalue weighted by Crippen LogP contribution is -2.44. The van der Waals surface area contributed by atoms with Gasteiger partial charge < -0.3 is 24.8 Å². The summed E-state index contributed by atoms with van der Waals surface area (Å²) in [6, 6.07) is 3.80. The van der Waals surface area contributed by atoms with Crippen LogP contribution < -0.4 is 20.1 Å². The fourth-order valence-electron chi connectivity index (χ4n) is 1.85. The second kappa shape index (κ2) is 9.83. The van der Waals surface area contributed by atoms with Crippen LogP contribution in [0.2, 0.25) is 0 Å². The Balaban J connectivity index is 2.75. The highest BCUT2D eigenvalue weighted by atomic mass is 32.2. The number of anilines is 1. The van der Waals surface area contributed by atoms with Crippen LogP contribution in [0.3, 0.4) is 0 Å². The van der Waals surface area contributed by atoms with Crippen molar-refractivity contribution in [2.45, 2.75) is 12.5 Å². The van der Waals surface area contributed by atoms with Crippen molar-refractivity contribution in [1.29, 1.82) is 0 Å². The first kappa shape index (κ1) is 19.0. The van der Waals surface area contributed by atoms with E-state index >= 15 is 0 Å². The molecule has 0 fully saturated rings. The van der Waals surface area contributed by atoms with Crippen molar-refractivity contribution in [2.24, 2.45) is 0 Å². The smallest absolute Gasteiger partial charge is 0.328 e. The highest BCUT2D eigenvalue weighted by molar-refractivity contribution is 7.98. The van der Waals surface area contributed by atoms with Gasteiger partial charge in [-0.05, 0) is 30.6 Å². The molecule has 1 aromatic carbocycles. The minimum absolute atomic E-state index is 0.457. The zero-order valence-electron chi connectivity index (χ0n) is 13.7. The molecule has 2 amide bonds. The minimum Gasteiger partial charge on any atom is -0.497 e. The maximum absolute atomic E-state index is 12.1. The van der Waals surface area contributed by atoms with Crippen LogP contribution in [-0.4, -0.2) is 51.4 Å². The molecule has 0 heterocycles. The molecule has 1 aromatic rings. The fraction of sp³-hybridized carbons (Fsp3) is 0.467. The molecule has 0 saturated heterocycles. The van der Waals surface area contributed by atoms with Crippen molar-refractivity contribution in [1.82, 2.24) is 5.32 Å². The highest BCUT2D eigenvalue weighted by Gasteiger charge is 2.21. The van der Waals surface area contributed by atoms with Crippen LogP contribution in [-0.2, 0) is 9.53 Å². The summed E-state index contributed by atoms with van der Waals surface area (Å²) in [5.41, 5.74) is 0.472. The lowest BCUT2D eigenvalue weighted by atomic mass is 10.2. The normalized spacial score (nSPS) is 11.3. The van der Waals surface area contributed by atoms with Crippen LogP contribution in [0.15, 0.2) is 18.2 Å². The Hall–Kier alpha value is -2.09. The number of thioether (sulfide) groups is 1. The van der Waals surface area contributed by atoms with Crippen LogP contribution in [0.1, 0.15) is 6.42 Å². The quantitative estimate of drug-likeness (QED) is 0.704. The summed E-state index contributed by atoms with van der Waals surface area (Å²) in [6.07, 6.45) is 2.41. The molecule has 0 bridgehead atoms. The molecular weight excluding hydrogens is 320 g/mol. The van der Waals surface area contributed by atoms with Crippen LogP contribution in [0.4, 0.5) is 10.5 Å². The van der Waals surface area contributed by atoms with E-state index in [1.54, 1.807) is 37.1 Å². The van der Waals surface area contributed by atoms with Gasteiger partial charge in [0.1, 0.15) is 17.5 Å². The number of ether oxygens (including phenoxy) is 3. The molecule has 0 aliphatic rings. The monoisotopic (exact) mass is 342 g/mol. The molecule has 0 saturated carbocycles. The van der Waals surface area contributed by atoms with Gasteiger partial charge in [0, 0.05) is 6.07 Å². The van der Waals surface area contributed by atoms with Crippen LogP contribution in [0.5, 0.6) is 11.5 Å². The Morgan fingerprint density at radius 2 is 1.96 bits per heavy atom. The molecule has 0 aromatic heterocycles. The molecule has 0 aliphatic heterocycles. The van der Waals surface area contributed by atoms with E-state index in [2.05, 4.69) is 10.6 Å². The van der Waals surface area contributed by atoms with Crippen LogP contribution in [0, 0.1) is 0 Å². The number of amides is 2. The summed E-state index contributed by atoms with van der Waals surface area (Å²) in [5.74, 6) is 1.32. The van der Waals surface area contributed by atoms with Gasteiger partial charge in [-0.3, -0.25) is 0 Å². The molecule has 8 heteroatoms. The van der Waals surface area contributed by atoms with E-state index in [-0.39, 0.29) is 0 Å². The van der Waals surface area contributed by atoms with Gasteiger partial charge in [0.05, 0.1) is 27.0 Å². The number of nitrogens with one attached hydrogen (secondary N) is 2. The molecule has 23 heavy (non-hydrogen) atoms. The van der Waals surface area contributed by atoms with E-state index in [1.165, 1.54) is 14.2 Å². The summed E-state index contributed by atoms with van der Waals surface area (Å²) in [7, 11) is 4.33. The number of carbonyl (C=O) groups is 2. The number of carbonyl (C=O) groups excluding carboxylic acids is 2. The summed E-state index contributed by atoms with van der Waals surface area (Å²) >= 11 is 1.59. The maximum atomic E-state index is 12.1. The minimum atomic E-state index is -0.698. The third-order valence-electron chi connectivity index (χ3n) is 3.06. The zero-order chi connectivity index (χ0) is 17.2. The Labute approximate surface area is 140 Å². The van der Waals surface area contributed by atoms with E-state index in [0.29, 0.717) is 23.6 Å². The van der Waals surface area contributed by atoms with E-state index in [9.17, 15) is 9.59 Å². The van der Waals surface area contributed by atoms with Crippen molar-refractivity contribution in [2.75, 3.05) is 38.7 Å². The number of urea groups is 1. The Morgan fingerprint density at radius 1 is 1.22 bits per heavy atom. The summed E-state index contributed by atoms with van der Waals surface area (Å²) in [4.78, 5) is 23.8. The van der Waals surface area contributed by atoms with Gasteiger partial charge in [0.2, 0.25) is 0 Å². The van der Waals surface area contributed by atoms with Gasteiger partial charge in [0.25, 0.3) is 0 Å². The number of esters is 1. The standard InChI is InChI=1S/C15H22N2O5S/c1-20-10-5-6-11(13(9-10)21-2)16-15(19)17-12(7-8-23-4)14(18)22-3/h5-6,9,12H,7-8H2,1-4H3,(H2,16,17,19)/t12-/m1/s1. The topological polar surface area (TPSA) is 85.9 Å². The average Bonchev–Trinajstić information content (AvgIpc) is 2.58. The second-order valence-corrected chi connectivity index (χ2v) is 5.51. The van der Waals surface area contributed by atoms with Crippen molar-refractivity contribution < 1.29 is 23.8 Å². The lowest BCUT2D eigenvalue weighted by Gasteiger charge is -2.17. The molecular formula is C15H22N2O5S. The number of hydrogen-bond acceptors (Lipinski definition) is 6. The molecule has 0 unspecified atom stereocenters. The first-order valence-electron chi connectivity index (χ1n) is 6.92. The van der Waals surface area contributed by atoms with Gasteiger partial charge in [-0.2, -0.15) is 11.8 Å². The van der Waals surface area contributed by atoms with Gasteiger partial charge in [-0.15, -0.1) is 0 Å². The third-order valence-corrected chi connectivity index (χ3v) is 3.70. The third kappa shape index (κ3) is 5.90. The van der Waals surface area contributed by atoms with E-state index in [1.807, 2.05) is 6.26 Å². The van der Waals surface area contributed by atoms with Gasteiger partial charge in [-0.25, -0.2) is 9.59 Å². The molecule has 2 N–H and O–H groups in total. The predicted octanol–water partition coefficient (Wildman–Crippen LogP) is 2.12. The zero-order valence-corrected chi connectivity index (χ0v) is 14.5. The van der Waals surface area contributed by atoms with E-state index < -0.39 is 18.0 Å². The Kier molecular flexibility index (Phi) is 8.10. The van der Waals surface area contributed by atoms with E-state index in [4.69, 9.17) is 14.2 Å². The van der Waals surface area contributed by atoms with Crippen molar-refractivity contribution >= 4 is 29.4 Å². The predicted molar refractivity (Wildman–Crippen MR) is 90.5 cm³/mol. The number of methoxy groups -OCH3 is 3. The number of rotatable bonds is 8. The molecule has 0 radical (unpaired) electrons. The maximum Gasteiger partial charge on any atom is 0.328 e. The van der Waals surface area contributed by atoms with Gasteiger partial charge >= 0.3 is 12.0 Å². The average molecular weight is 342 g/mol. The molecule has 128 valence electrons. The van der Waals surface area contributed by atoms with Gasteiger partial charge in [-0.1, -0.05) is 0 Å². The largest absolute Gasteiger partial charge is 0.497 e. The highest BCUT2D eigenvalue weighted by Crippen LogP contribution is 2.28. The fourth-order valence-corrected chi connectivity index (χ4v) is 2.32. The van der Waals surface area contributed by atoms with Crippen molar-refractivity contribution in [3.63, 3.8) is 0 Å². The number of benzene rings is 1. The lowest BCUT2D eigenvalue weighted by molar-refractivity contribution is -0.142. The summed E-state index contributed by atoms with van der Waals surface area (Å²) < 4.78 is 15.0. The molecule has 7 nitrogen and oxygen atoms in total. The first-order chi connectivity index (χ1) is 11.0. The Morgan fingerprint density at radius 3 is 2.52 bits per heavy atom. The Bertz CT molecular complexity index is 539. The number of hydrogen-bond donors (Lipinski definition) is 2. The van der Waals surface area contributed by atoms with Crippen molar-refractivity contribution in [3.05, 3.63) is 18.2 Å². The SMILES string of the molecule is COC(=O)[C@@H](CCSC)NC(=O)Nc1ccc(OC)cc1OC. The summed E-state index contributed by atoms with van der Waals surface area (Å²) in [6.45, 7) is 0. The first-order valence-corrected chi connectivity index (χ1v) is 8.31. The molecule has 1 atom stereocenters. The van der Waals surface area contributed by atoms with Gasteiger partial charge in [0.15, 0.2) is 0 Å². The molecule has 0 aliphatic carbocycles. The van der Waals surface area contributed by atoms with Crippen LogP contribution in [0.25, 0.3) is 0 Å². The van der Waals surface area contributed by atoms with Crippen LogP contribution >= 0.6 is 11.8 Å². The second-order valence-electron chi connectivity index (χ2n) is 4.52. The van der Waals surface area contributed by atoms with Crippen molar-refractivity contribution in [3.8, 4) is 11.5 Å². The molecule has 1 rings (SSSR count). The van der Waals surface area contributed by atoms with E-state index in [0.717, 1.165) is 5.75 Å². The summed E-state index contributed by atoms with van der Waals surface area (Å²) in [5, 5.41) is 5.26.